The number of aromatic nitrogens is 8. The Kier molecular flexibility index (Phi) is 16.4. The number of rotatable bonds is 4. The van der Waals surface area contributed by atoms with E-state index in [4.69, 9.17) is 19.9 Å². The first kappa shape index (κ1) is 74.9. The molecule has 0 saturated heterocycles. The minimum atomic E-state index is -0.116. The van der Waals surface area contributed by atoms with Crippen LogP contribution in [0.2, 0.25) is 0 Å². The lowest BCUT2D eigenvalue weighted by Crippen LogP contribution is -2.16. The SMILES string of the molecule is CC1(C)c2ccccc2-c2c1c1c(c3ccccc23)c2ccccc2n1-c1ccccn1.CC1(C)c2ccccc2-c2c1c1c3ccccc3n(-c3ccccn3)c1c1ccccc21.CC1(C)c2ccccc2-c2cc3c(cc21)c1cc2ccccc2cc1n3-c1ccccn1.CC1(C)c2ccccc2-c2ccc3c4c5ccccc5ccc4n(-c4ccccn4)c3c21. The van der Waals surface area contributed by atoms with Crippen LogP contribution in [0.25, 0.3) is 198 Å². The molecule has 0 amide bonds. The van der Waals surface area contributed by atoms with Crippen LogP contribution >= 0.6 is 0 Å². The quantitative estimate of drug-likeness (QED) is 0.176. The van der Waals surface area contributed by atoms with Gasteiger partial charge in [-0.1, -0.05) is 328 Å². The maximum atomic E-state index is 4.79. The summed E-state index contributed by atoms with van der Waals surface area (Å²) in [7, 11) is 0. The lowest BCUT2D eigenvalue weighted by Gasteiger charge is -2.24. The second-order valence-corrected chi connectivity index (χ2v) is 37.0. The average molecular weight is 1640 g/mol. The van der Waals surface area contributed by atoms with Crippen LogP contribution in [0.5, 0.6) is 0 Å². The van der Waals surface area contributed by atoms with E-state index in [-0.39, 0.29) is 21.7 Å². The van der Waals surface area contributed by atoms with Crippen LogP contribution in [-0.2, 0) is 21.7 Å². The Morgan fingerprint density at radius 1 is 0.188 bits per heavy atom. The van der Waals surface area contributed by atoms with Gasteiger partial charge in [0, 0.05) is 94.9 Å². The molecule has 0 aliphatic heterocycles. The van der Waals surface area contributed by atoms with Crippen LogP contribution in [0.4, 0.5) is 0 Å². The van der Waals surface area contributed by atoms with Crippen LogP contribution in [-0.4, -0.2) is 38.2 Å². The normalized spacial score (nSPS) is 14.2. The molecule has 8 heterocycles. The maximum absolute atomic E-state index is 4.79. The molecule has 128 heavy (non-hydrogen) atoms. The molecule has 608 valence electrons. The zero-order chi connectivity index (χ0) is 85.8. The number of nitrogens with zero attached hydrogens (tertiary/aromatic N) is 8. The highest BCUT2D eigenvalue weighted by molar-refractivity contribution is 6.29. The summed E-state index contributed by atoms with van der Waals surface area (Å²) in [5, 5.41) is 20.7. The van der Waals surface area contributed by atoms with E-state index in [1.54, 1.807) is 0 Å². The van der Waals surface area contributed by atoms with Gasteiger partial charge in [-0.2, -0.15) is 0 Å². The Morgan fingerprint density at radius 2 is 0.586 bits per heavy atom. The predicted octanol–water partition coefficient (Wildman–Crippen LogP) is 30.6. The average Bonchev–Trinajstić information content (AvgIpc) is 1.41. The molecule has 0 radical (unpaired) electrons. The summed E-state index contributed by atoms with van der Waals surface area (Å²) in [5.74, 6) is 3.83. The molecule has 24 aromatic rings. The van der Waals surface area contributed by atoms with Crippen molar-refractivity contribution >= 4 is 130 Å². The van der Waals surface area contributed by atoms with E-state index >= 15 is 0 Å². The van der Waals surface area contributed by atoms with Gasteiger partial charge in [-0.25, -0.2) is 19.9 Å². The number of para-hydroxylation sites is 2. The predicted molar refractivity (Wildman–Crippen MR) is 535 cm³/mol. The molecule has 0 spiro atoms. The number of hydrogen-bond donors (Lipinski definition) is 0. The fraction of sp³-hybridized carbons (Fsp3) is 0.100. The summed E-state index contributed by atoms with van der Waals surface area (Å²) < 4.78 is 9.44. The van der Waals surface area contributed by atoms with Crippen molar-refractivity contribution in [3.8, 4) is 67.8 Å². The zero-order valence-corrected chi connectivity index (χ0v) is 72.5. The van der Waals surface area contributed by atoms with Gasteiger partial charge in [0.15, 0.2) is 0 Å². The summed E-state index contributed by atoms with van der Waals surface area (Å²) in [6.45, 7) is 18.9. The smallest absolute Gasteiger partial charge is 0.137 e. The van der Waals surface area contributed by atoms with Gasteiger partial charge in [0.1, 0.15) is 23.3 Å². The largest absolute Gasteiger partial charge is 0.294 e. The van der Waals surface area contributed by atoms with Crippen molar-refractivity contribution in [2.75, 3.05) is 0 Å². The number of benzene rings is 16. The first-order chi connectivity index (χ1) is 62.6. The van der Waals surface area contributed by atoms with Gasteiger partial charge in [0.05, 0.1) is 44.1 Å². The van der Waals surface area contributed by atoms with Gasteiger partial charge < -0.3 is 0 Å². The van der Waals surface area contributed by atoms with Crippen LogP contribution in [0, 0.1) is 0 Å². The van der Waals surface area contributed by atoms with Gasteiger partial charge in [-0.3, -0.25) is 18.3 Å². The van der Waals surface area contributed by atoms with E-state index in [1.165, 1.54) is 219 Å². The molecule has 0 saturated carbocycles. The maximum Gasteiger partial charge on any atom is 0.137 e. The summed E-state index contributed by atoms with van der Waals surface area (Å²) in [6, 6.07) is 131. The second kappa shape index (κ2) is 27.9. The molecule has 0 atom stereocenters. The first-order valence-electron chi connectivity index (χ1n) is 44.7. The van der Waals surface area contributed by atoms with Crippen LogP contribution in [0.15, 0.2) is 389 Å². The van der Waals surface area contributed by atoms with Crippen molar-refractivity contribution in [1.82, 2.24) is 38.2 Å². The highest BCUT2D eigenvalue weighted by Crippen LogP contribution is 2.60. The van der Waals surface area contributed by atoms with Crippen molar-refractivity contribution in [1.29, 1.82) is 0 Å². The monoisotopic (exact) mass is 1640 g/mol. The van der Waals surface area contributed by atoms with E-state index in [9.17, 15) is 0 Å². The van der Waals surface area contributed by atoms with E-state index in [0.717, 1.165) is 23.3 Å². The third-order valence-electron chi connectivity index (χ3n) is 28.8. The van der Waals surface area contributed by atoms with Gasteiger partial charge >= 0.3 is 0 Å². The van der Waals surface area contributed by atoms with Crippen LogP contribution < -0.4 is 0 Å². The molecule has 8 heteroatoms. The van der Waals surface area contributed by atoms with Crippen LogP contribution in [0.1, 0.15) is 99.9 Å². The fourth-order valence-electron chi connectivity index (χ4n) is 23.3. The lowest BCUT2D eigenvalue weighted by atomic mass is 9.79. The van der Waals surface area contributed by atoms with Crippen molar-refractivity contribution in [3.63, 3.8) is 0 Å². The Balaban J connectivity index is 0.0000000926. The third kappa shape index (κ3) is 10.6. The molecule has 4 aliphatic rings. The Morgan fingerprint density at radius 3 is 1.16 bits per heavy atom. The molecular formula is C120H88N8. The van der Waals surface area contributed by atoms with Crippen molar-refractivity contribution in [2.24, 2.45) is 0 Å². The molecule has 28 rings (SSSR count). The molecule has 8 aromatic heterocycles. The second-order valence-electron chi connectivity index (χ2n) is 37.0. The number of hydrogen-bond acceptors (Lipinski definition) is 4. The lowest BCUT2D eigenvalue weighted by molar-refractivity contribution is 0.661. The Hall–Kier alpha value is -15.6. The van der Waals surface area contributed by atoms with E-state index in [1.807, 2.05) is 49.1 Å². The standard InChI is InChI=1S/4C30H22N2/c1-30(2)23-15-7-5-13-21(23)26-19-11-3-4-12-20(19)29-27(28(26)30)22-14-6-8-16-24(22)32(29)25-17-9-10-18-31-25;1-30(2)23-15-7-5-13-21(23)26-19-11-3-4-12-20(19)27-22-14-6-8-16-24(22)32(29(27)28(26)30)25-17-9-10-18-31-25;1-30(2)24-12-6-5-11-21(24)22-15-16-23-27-20-10-4-3-9-19(20)14-17-25(27)32(29(23)28(22)30)26-13-7-8-18-31-26;1-30(2)25-12-6-5-11-21(25)22-18-28-24(17-26(22)30)23-15-19-9-3-4-10-20(19)16-27(23)32(28)29-13-7-8-14-31-29/h4*3-18H,1-2H3. The number of pyridine rings is 4. The van der Waals surface area contributed by atoms with Gasteiger partial charge in [0.25, 0.3) is 0 Å². The summed E-state index contributed by atoms with van der Waals surface area (Å²) in [5.41, 5.74) is 31.5. The molecule has 16 aromatic carbocycles. The van der Waals surface area contributed by atoms with Crippen molar-refractivity contribution < 1.29 is 0 Å². The summed E-state index contributed by atoms with van der Waals surface area (Å²) >= 11 is 0. The Bertz CT molecular complexity index is 8750. The minimum absolute atomic E-state index is 0.0175. The molecule has 0 fully saturated rings. The number of fused-ring (bicyclic) bond motifs is 36. The van der Waals surface area contributed by atoms with Crippen molar-refractivity contribution in [2.45, 2.75) is 77.0 Å². The first-order valence-corrected chi connectivity index (χ1v) is 44.7. The van der Waals surface area contributed by atoms with E-state index < -0.39 is 0 Å². The molecule has 4 aliphatic carbocycles. The van der Waals surface area contributed by atoms with Gasteiger partial charge in [-0.05, 0) is 218 Å². The van der Waals surface area contributed by atoms with E-state index in [2.05, 4.69) is 413 Å². The summed E-state index contributed by atoms with van der Waals surface area (Å²) in [6.07, 6.45) is 7.53. The fourth-order valence-corrected chi connectivity index (χ4v) is 23.3. The molecule has 0 bridgehead atoms. The highest BCUT2D eigenvalue weighted by atomic mass is 15.1. The molecular weight excluding hydrogens is 1550 g/mol. The van der Waals surface area contributed by atoms with Crippen LogP contribution in [0.3, 0.4) is 0 Å². The zero-order valence-electron chi connectivity index (χ0n) is 72.5. The third-order valence-corrected chi connectivity index (χ3v) is 28.8. The Labute approximate surface area is 741 Å². The molecule has 0 unspecified atom stereocenters. The summed E-state index contributed by atoms with van der Waals surface area (Å²) in [4.78, 5) is 19.1. The van der Waals surface area contributed by atoms with Gasteiger partial charge in [-0.15, -0.1) is 0 Å². The van der Waals surface area contributed by atoms with Crippen molar-refractivity contribution in [3.05, 3.63) is 433 Å². The van der Waals surface area contributed by atoms with E-state index in [0.29, 0.717) is 0 Å². The molecule has 0 N–H and O–H groups in total. The molecule has 8 nitrogen and oxygen atoms in total. The minimum Gasteiger partial charge on any atom is -0.294 e. The topological polar surface area (TPSA) is 71.3 Å². The highest BCUT2D eigenvalue weighted by Gasteiger charge is 2.44. The van der Waals surface area contributed by atoms with Gasteiger partial charge in [0.2, 0.25) is 0 Å².